The van der Waals surface area contributed by atoms with Crippen molar-refractivity contribution in [3.8, 4) is 0 Å². The minimum absolute atomic E-state index is 0.0145. The number of anilines is 1. The molecule has 0 bridgehead atoms. The highest BCUT2D eigenvalue weighted by Gasteiger charge is 2.23. The molecule has 21 heavy (non-hydrogen) atoms. The van der Waals surface area contributed by atoms with Gasteiger partial charge >= 0.3 is 0 Å². The van der Waals surface area contributed by atoms with Crippen molar-refractivity contribution < 1.29 is 9.59 Å². The van der Waals surface area contributed by atoms with E-state index >= 15 is 0 Å². The summed E-state index contributed by atoms with van der Waals surface area (Å²) < 4.78 is 0. The van der Waals surface area contributed by atoms with E-state index in [-0.39, 0.29) is 11.8 Å². The van der Waals surface area contributed by atoms with E-state index in [4.69, 9.17) is 0 Å². The SMILES string of the molecule is Cc1cc(C(=O)N2CCNCC2)c(NC(=O)CC(C)C)s1. The number of thiophene rings is 1. The second-order valence-corrected chi connectivity index (χ2v) is 7.04. The normalized spacial score (nSPS) is 15.3. The summed E-state index contributed by atoms with van der Waals surface area (Å²) in [6, 6.07) is 1.88. The number of hydrogen-bond donors (Lipinski definition) is 2. The van der Waals surface area contributed by atoms with Gasteiger partial charge in [-0.25, -0.2) is 0 Å². The summed E-state index contributed by atoms with van der Waals surface area (Å²) in [4.78, 5) is 27.4. The molecule has 1 fully saturated rings. The van der Waals surface area contributed by atoms with Crippen LogP contribution in [0.25, 0.3) is 0 Å². The van der Waals surface area contributed by atoms with E-state index in [1.165, 1.54) is 11.3 Å². The lowest BCUT2D eigenvalue weighted by Gasteiger charge is -2.27. The molecule has 0 atom stereocenters. The van der Waals surface area contributed by atoms with Crippen molar-refractivity contribution in [2.24, 2.45) is 5.92 Å². The number of carbonyl (C=O) groups excluding carboxylic acids is 2. The van der Waals surface area contributed by atoms with E-state index in [0.717, 1.165) is 18.0 Å². The molecule has 5 nitrogen and oxygen atoms in total. The highest BCUT2D eigenvalue weighted by Crippen LogP contribution is 2.29. The van der Waals surface area contributed by atoms with Crippen LogP contribution in [0.4, 0.5) is 5.00 Å². The standard InChI is InChI=1S/C15H23N3O2S/c1-10(2)8-13(19)17-14-12(9-11(3)21-14)15(20)18-6-4-16-5-7-18/h9-10,16H,4-8H2,1-3H3,(H,17,19). The number of aryl methyl sites for hydroxylation is 1. The molecule has 6 heteroatoms. The van der Waals surface area contributed by atoms with Crippen LogP contribution in [0.5, 0.6) is 0 Å². The van der Waals surface area contributed by atoms with Gasteiger partial charge in [-0.3, -0.25) is 9.59 Å². The van der Waals surface area contributed by atoms with Crippen LogP contribution >= 0.6 is 11.3 Å². The van der Waals surface area contributed by atoms with Gasteiger partial charge < -0.3 is 15.5 Å². The van der Waals surface area contributed by atoms with E-state index in [9.17, 15) is 9.59 Å². The van der Waals surface area contributed by atoms with Crippen LogP contribution in [0.1, 0.15) is 35.5 Å². The Labute approximate surface area is 129 Å². The molecule has 2 rings (SSSR count). The van der Waals surface area contributed by atoms with Crippen molar-refractivity contribution in [1.82, 2.24) is 10.2 Å². The van der Waals surface area contributed by atoms with Gasteiger partial charge in [0.25, 0.3) is 5.91 Å². The Bertz CT molecular complexity index is 519. The fraction of sp³-hybridized carbons (Fsp3) is 0.600. The molecule has 0 aliphatic carbocycles. The first kappa shape index (κ1) is 16.0. The van der Waals surface area contributed by atoms with E-state index in [0.29, 0.717) is 36.0 Å². The maximum absolute atomic E-state index is 12.6. The molecule has 116 valence electrons. The molecule has 1 aliphatic heterocycles. The van der Waals surface area contributed by atoms with Crippen molar-refractivity contribution in [2.75, 3.05) is 31.5 Å². The zero-order valence-electron chi connectivity index (χ0n) is 12.9. The smallest absolute Gasteiger partial charge is 0.256 e. The van der Waals surface area contributed by atoms with Gasteiger partial charge in [0.1, 0.15) is 5.00 Å². The number of nitrogens with zero attached hydrogens (tertiary/aromatic N) is 1. The van der Waals surface area contributed by atoms with Gasteiger partial charge in [-0.2, -0.15) is 0 Å². The molecular formula is C15H23N3O2S. The van der Waals surface area contributed by atoms with Crippen LogP contribution in [-0.4, -0.2) is 42.9 Å². The van der Waals surface area contributed by atoms with Crippen LogP contribution in [-0.2, 0) is 4.79 Å². The minimum atomic E-state index is -0.0267. The second-order valence-electron chi connectivity index (χ2n) is 5.79. The number of carbonyl (C=O) groups is 2. The third-order valence-corrected chi connectivity index (χ3v) is 4.30. The van der Waals surface area contributed by atoms with E-state index < -0.39 is 0 Å². The van der Waals surface area contributed by atoms with Gasteiger partial charge in [-0.05, 0) is 18.9 Å². The first-order chi connectivity index (χ1) is 9.97. The van der Waals surface area contributed by atoms with Crippen molar-refractivity contribution >= 4 is 28.2 Å². The highest BCUT2D eigenvalue weighted by atomic mass is 32.1. The topological polar surface area (TPSA) is 61.4 Å². The zero-order chi connectivity index (χ0) is 15.4. The Morgan fingerprint density at radius 3 is 2.67 bits per heavy atom. The maximum atomic E-state index is 12.6. The lowest BCUT2D eigenvalue weighted by molar-refractivity contribution is -0.116. The van der Waals surface area contributed by atoms with Crippen LogP contribution in [0.2, 0.25) is 0 Å². The molecule has 0 unspecified atom stereocenters. The van der Waals surface area contributed by atoms with E-state index in [1.807, 2.05) is 31.7 Å². The van der Waals surface area contributed by atoms with Gasteiger partial charge in [0.2, 0.25) is 5.91 Å². The molecule has 2 N–H and O–H groups in total. The Kier molecular flexibility index (Phi) is 5.36. The largest absolute Gasteiger partial charge is 0.336 e. The molecular weight excluding hydrogens is 286 g/mol. The third kappa shape index (κ3) is 4.28. The van der Waals surface area contributed by atoms with Gasteiger partial charge in [0.05, 0.1) is 5.56 Å². The third-order valence-electron chi connectivity index (χ3n) is 3.34. The molecule has 1 aromatic heterocycles. The summed E-state index contributed by atoms with van der Waals surface area (Å²) in [6.45, 7) is 9.05. The first-order valence-electron chi connectivity index (χ1n) is 7.37. The van der Waals surface area contributed by atoms with Gasteiger partial charge in [0, 0.05) is 37.5 Å². The van der Waals surface area contributed by atoms with Gasteiger partial charge in [-0.15, -0.1) is 11.3 Å². The van der Waals surface area contributed by atoms with Gasteiger partial charge in [0.15, 0.2) is 0 Å². The van der Waals surface area contributed by atoms with Crippen LogP contribution in [0.3, 0.4) is 0 Å². The molecule has 1 saturated heterocycles. The number of hydrogen-bond acceptors (Lipinski definition) is 4. The average Bonchev–Trinajstić information content (AvgIpc) is 2.78. The first-order valence-corrected chi connectivity index (χ1v) is 8.19. The predicted molar refractivity (Wildman–Crippen MR) is 85.9 cm³/mol. The van der Waals surface area contributed by atoms with E-state index in [2.05, 4.69) is 10.6 Å². The minimum Gasteiger partial charge on any atom is -0.336 e. The van der Waals surface area contributed by atoms with Crippen LogP contribution < -0.4 is 10.6 Å². The van der Waals surface area contributed by atoms with Gasteiger partial charge in [-0.1, -0.05) is 13.8 Å². The lowest BCUT2D eigenvalue weighted by atomic mass is 10.1. The van der Waals surface area contributed by atoms with Crippen molar-refractivity contribution in [3.63, 3.8) is 0 Å². The molecule has 0 radical (unpaired) electrons. The number of amides is 2. The predicted octanol–water partition coefficient (Wildman–Crippen LogP) is 2.09. The molecule has 0 aromatic carbocycles. The summed E-state index contributed by atoms with van der Waals surface area (Å²) in [5.41, 5.74) is 0.622. The Morgan fingerprint density at radius 1 is 1.38 bits per heavy atom. The van der Waals surface area contributed by atoms with Crippen molar-refractivity contribution in [3.05, 3.63) is 16.5 Å². The molecule has 2 heterocycles. The molecule has 0 saturated carbocycles. The highest BCUT2D eigenvalue weighted by molar-refractivity contribution is 7.16. The summed E-state index contributed by atoms with van der Waals surface area (Å²) >= 11 is 1.47. The zero-order valence-corrected chi connectivity index (χ0v) is 13.7. The molecule has 0 spiro atoms. The summed E-state index contributed by atoms with van der Waals surface area (Å²) in [5, 5.41) is 6.81. The molecule has 1 aliphatic rings. The summed E-state index contributed by atoms with van der Waals surface area (Å²) in [5.74, 6) is 0.292. The fourth-order valence-electron chi connectivity index (χ4n) is 2.35. The number of piperazine rings is 1. The van der Waals surface area contributed by atoms with Crippen molar-refractivity contribution in [2.45, 2.75) is 27.2 Å². The van der Waals surface area contributed by atoms with E-state index in [1.54, 1.807) is 0 Å². The van der Waals surface area contributed by atoms with Crippen LogP contribution in [0.15, 0.2) is 6.07 Å². The summed E-state index contributed by atoms with van der Waals surface area (Å²) in [7, 11) is 0. The maximum Gasteiger partial charge on any atom is 0.256 e. The monoisotopic (exact) mass is 309 g/mol. The molecule has 2 amide bonds. The van der Waals surface area contributed by atoms with Crippen molar-refractivity contribution in [1.29, 1.82) is 0 Å². The number of rotatable bonds is 4. The average molecular weight is 309 g/mol. The quantitative estimate of drug-likeness (QED) is 0.895. The summed E-state index contributed by atoms with van der Waals surface area (Å²) in [6.07, 6.45) is 0.470. The van der Waals surface area contributed by atoms with Crippen LogP contribution in [0, 0.1) is 12.8 Å². The fourth-order valence-corrected chi connectivity index (χ4v) is 3.27. The Hall–Kier alpha value is -1.40. The number of nitrogens with one attached hydrogen (secondary N) is 2. The molecule has 1 aromatic rings. The second kappa shape index (κ2) is 7.04. The Morgan fingerprint density at radius 2 is 2.05 bits per heavy atom. The Balaban J connectivity index is 2.12. The lowest BCUT2D eigenvalue weighted by Crippen LogP contribution is -2.46.